The van der Waals surface area contributed by atoms with E-state index in [0.29, 0.717) is 6.54 Å². The van der Waals surface area contributed by atoms with Gasteiger partial charge in [-0.2, -0.15) is 0 Å². The maximum absolute atomic E-state index is 11.0. The highest BCUT2D eigenvalue weighted by Crippen LogP contribution is 2.21. The molecule has 1 aromatic carbocycles. The minimum atomic E-state index is -0.139. The normalized spacial score (nSPS) is 10.9. The Hall–Kier alpha value is -1.57. The average molecular weight is 217 g/mol. The Morgan fingerprint density at radius 2 is 1.88 bits per heavy atom. The minimum absolute atomic E-state index is 0.139. The molecule has 86 valence electrons. The molecule has 2 heteroatoms. The zero-order chi connectivity index (χ0) is 12.2. The Balaban J connectivity index is 2.65. The molecule has 0 heterocycles. The van der Waals surface area contributed by atoms with Crippen LogP contribution >= 0.6 is 0 Å². The summed E-state index contributed by atoms with van der Waals surface area (Å²) < 4.78 is 0. The molecule has 0 fully saturated rings. The second-order valence-corrected chi connectivity index (χ2v) is 4.87. The molecular formula is C14H19NO. The smallest absolute Gasteiger partial charge is 0.243 e. The van der Waals surface area contributed by atoms with Gasteiger partial charge >= 0.3 is 0 Å². The Kier molecular flexibility index (Phi) is 3.88. The zero-order valence-electron chi connectivity index (χ0n) is 10.2. The number of hydrogen-bond donors (Lipinski definition) is 1. The van der Waals surface area contributed by atoms with Gasteiger partial charge in [0, 0.05) is 6.54 Å². The maximum Gasteiger partial charge on any atom is 0.243 e. The summed E-state index contributed by atoms with van der Waals surface area (Å²) in [6, 6.07) is 8.30. The van der Waals surface area contributed by atoms with Crippen LogP contribution in [0.3, 0.4) is 0 Å². The van der Waals surface area contributed by atoms with Crippen molar-refractivity contribution in [3.63, 3.8) is 0 Å². The summed E-state index contributed by atoms with van der Waals surface area (Å²) in [5.41, 5.74) is 2.57. The fourth-order valence-electron chi connectivity index (χ4n) is 1.38. The van der Waals surface area contributed by atoms with Crippen LogP contribution in [0.25, 0.3) is 0 Å². The van der Waals surface area contributed by atoms with Crippen LogP contribution in [-0.4, -0.2) is 5.91 Å². The van der Waals surface area contributed by atoms with Gasteiger partial charge in [0.2, 0.25) is 5.91 Å². The Labute approximate surface area is 97.4 Å². The van der Waals surface area contributed by atoms with Gasteiger partial charge in [-0.05, 0) is 22.6 Å². The van der Waals surface area contributed by atoms with Gasteiger partial charge in [0.05, 0.1) is 0 Å². The van der Waals surface area contributed by atoms with E-state index in [0.717, 1.165) is 5.56 Å². The van der Waals surface area contributed by atoms with Gasteiger partial charge in [-0.15, -0.1) is 0 Å². The van der Waals surface area contributed by atoms with Crippen molar-refractivity contribution in [2.45, 2.75) is 32.7 Å². The third-order valence-electron chi connectivity index (χ3n) is 2.47. The predicted molar refractivity (Wildman–Crippen MR) is 67.2 cm³/mol. The Morgan fingerprint density at radius 1 is 1.31 bits per heavy atom. The first kappa shape index (κ1) is 12.5. The van der Waals surface area contributed by atoms with E-state index in [1.165, 1.54) is 11.6 Å². The van der Waals surface area contributed by atoms with Crippen molar-refractivity contribution in [2.24, 2.45) is 0 Å². The molecule has 0 unspecified atom stereocenters. The van der Waals surface area contributed by atoms with Crippen LogP contribution in [0.5, 0.6) is 0 Å². The van der Waals surface area contributed by atoms with E-state index in [4.69, 9.17) is 0 Å². The number of rotatable bonds is 3. The van der Waals surface area contributed by atoms with Gasteiger partial charge in [0.15, 0.2) is 0 Å². The molecule has 0 aliphatic carbocycles. The molecule has 0 spiro atoms. The molecule has 16 heavy (non-hydrogen) atoms. The summed E-state index contributed by atoms with van der Waals surface area (Å²) >= 11 is 0. The van der Waals surface area contributed by atoms with Crippen molar-refractivity contribution in [1.82, 2.24) is 5.32 Å². The number of hydrogen-bond acceptors (Lipinski definition) is 1. The molecule has 0 aliphatic rings. The SMILES string of the molecule is C=CC(=O)NCc1ccc(C(C)(C)C)cc1. The topological polar surface area (TPSA) is 29.1 Å². The van der Waals surface area contributed by atoms with E-state index >= 15 is 0 Å². The monoisotopic (exact) mass is 217 g/mol. The first-order chi connectivity index (χ1) is 7.43. The number of benzene rings is 1. The summed E-state index contributed by atoms with van der Waals surface area (Å²) in [7, 11) is 0. The summed E-state index contributed by atoms with van der Waals surface area (Å²) in [6.45, 7) is 10.5. The summed E-state index contributed by atoms with van der Waals surface area (Å²) in [4.78, 5) is 11.0. The Morgan fingerprint density at radius 3 is 2.31 bits per heavy atom. The molecule has 0 atom stereocenters. The number of nitrogens with one attached hydrogen (secondary N) is 1. The minimum Gasteiger partial charge on any atom is -0.348 e. The molecule has 1 amide bonds. The summed E-state index contributed by atoms with van der Waals surface area (Å²) in [5, 5.41) is 2.75. The maximum atomic E-state index is 11.0. The summed E-state index contributed by atoms with van der Waals surface area (Å²) in [5.74, 6) is -0.139. The zero-order valence-corrected chi connectivity index (χ0v) is 10.2. The lowest BCUT2D eigenvalue weighted by atomic mass is 9.87. The fourth-order valence-corrected chi connectivity index (χ4v) is 1.38. The van der Waals surface area contributed by atoms with E-state index in [-0.39, 0.29) is 11.3 Å². The highest BCUT2D eigenvalue weighted by molar-refractivity contribution is 5.86. The second-order valence-electron chi connectivity index (χ2n) is 4.87. The van der Waals surface area contributed by atoms with Crippen molar-refractivity contribution >= 4 is 5.91 Å². The standard InChI is InChI=1S/C14H19NO/c1-5-13(16)15-10-11-6-8-12(9-7-11)14(2,3)4/h5-9H,1,10H2,2-4H3,(H,15,16). The van der Waals surface area contributed by atoms with Gasteiger partial charge in [-0.3, -0.25) is 4.79 Å². The van der Waals surface area contributed by atoms with Crippen molar-refractivity contribution in [1.29, 1.82) is 0 Å². The number of amides is 1. The highest BCUT2D eigenvalue weighted by Gasteiger charge is 2.12. The van der Waals surface area contributed by atoms with Crippen molar-refractivity contribution < 1.29 is 4.79 Å². The highest BCUT2D eigenvalue weighted by atomic mass is 16.1. The molecule has 2 nitrogen and oxygen atoms in total. The van der Waals surface area contributed by atoms with Gasteiger partial charge in [0.25, 0.3) is 0 Å². The third-order valence-corrected chi connectivity index (χ3v) is 2.47. The molecule has 1 aromatic rings. The Bertz CT molecular complexity index is 371. The third kappa shape index (κ3) is 3.54. The van der Waals surface area contributed by atoms with Crippen LogP contribution in [0.1, 0.15) is 31.9 Å². The van der Waals surface area contributed by atoms with Crippen molar-refractivity contribution in [3.8, 4) is 0 Å². The van der Waals surface area contributed by atoms with E-state index < -0.39 is 0 Å². The van der Waals surface area contributed by atoms with Crippen molar-refractivity contribution in [3.05, 3.63) is 48.0 Å². The number of carbonyl (C=O) groups excluding carboxylic acids is 1. The molecule has 1 rings (SSSR count). The molecule has 0 aliphatic heterocycles. The lowest BCUT2D eigenvalue weighted by molar-refractivity contribution is -0.116. The fraction of sp³-hybridized carbons (Fsp3) is 0.357. The predicted octanol–water partition coefficient (Wildman–Crippen LogP) is 2.79. The van der Waals surface area contributed by atoms with Crippen molar-refractivity contribution in [2.75, 3.05) is 0 Å². The van der Waals surface area contributed by atoms with E-state index in [9.17, 15) is 4.79 Å². The summed E-state index contributed by atoms with van der Waals surface area (Å²) in [6.07, 6.45) is 1.28. The number of carbonyl (C=O) groups is 1. The van der Waals surface area contributed by atoms with E-state index in [1.54, 1.807) is 0 Å². The van der Waals surface area contributed by atoms with Gasteiger partial charge in [0.1, 0.15) is 0 Å². The van der Waals surface area contributed by atoms with Crippen LogP contribution in [0.15, 0.2) is 36.9 Å². The molecule has 0 bridgehead atoms. The molecule has 0 radical (unpaired) electrons. The molecule has 0 aromatic heterocycles. The van der Waals surface area contributed by atoms with E-state index in [1.807, 2.05) is 12.1 Å². The van der Waals surface area contributed by atoms with Crippen LogP contribution in [0.2, 0.25) is 0 Å². The molecule has 0 saturated carbocycles. The second kappa shape index (κ2) is 4.97. The quantitative estimate of drug-likeness (QED) is 0.775. The lowest BCUT2D eigenvalue weighted by Crippen LogP contribution is -2.20. The van der Waals surface area contributed by atoms with Gasteiger partial charge in [-0.25, -0.2) is 0 Å². The van der Waals surface area contributed by atoms with Crippen LogP contribution in [0, 0.1) is 0 Å². The molecular weight excluding hydrogens is 198 g/mol. The average Bonchev–Trinajstić information content (AvgIpc) is 2.25. The van der Waals surface area contributed by atoms with Gasteiger partial charge in [-0.1, -0.05) is 51.6 Å². The van der Waals surface area contributed by atoms with Crippen LogP contribution in [-0.2, 0) is 16.8 Å². The first-order valence-electron chi connectivity index (χ1n) is 5.43. The van der Waals surface area contributed by atoms with Crippen LogP contribution in [0.4, 0.5) is 0 Å². The van der Waals surface area contributed by atoms with Crippen LogP contribution < -0.4 is 5.32 Å². The largest absolute Gasteiger partial charge is 0.348 e. The lowest BCUT2D eigenvalue weighted by Gasteiger charge is -2.19. The first-order valence-corrected chi connectivity index (χ1v) is 5.43. The van der Waals surface area contributed by atoms with E-state index in [2.05, 4.69) is 44.8 Å². The molecule has 1 N–H and O–H groups in total. The van der Waals surface area contributed by atoms with Gasteiger partial charge < -0.3 is 5.32 Å². The molecule has 0 saturated heterocycles.